The molecule has 0 unspecified atom stereocenters. The van der Waals surface area contributed by atoms with Crippen molar-refractivity contribution in [2.45, 2.75) is 20.4 Å². The van der Waals surface area contributed by atoms with Crippen molar-refractivity contribution >= 4 is 23.3 Å². The zero-order chi connectivity index (χ0) is 17.3. The normalized spacial score (nSPS) is 10.8. The number of benzene rings is 1. The number of aryl methyl sites for hydroxylation is 2. The second kappa shape index (κ2) is 6.49. The molecule has 24 heavy (non-hydrogen) atoms. The van der Waals surface area contributed by atoms with Crippen molar-refractivity contribution < 1.29 is 4.79 Å². The monoisotopic (exact) mass is 343 g/mol. The highest BCUT2D eigenvalue weighted by Crippen LogP contribution is 2.17. The molecule has 0 aliphatic heterocycles. The summed E-state index contributed by atoms with van der Waals surface area (Å²) >= 11 is 6.16. The third-order valence-corrected chi connectivity index (χ3v) is 4.28. The highest BCUT2D eigenvalue weighted by atomic mass is 35.5. The van der Waals surface area contributed by atoms with Gasteiger partial charge in [0, 0.05) is 30.0 Å². The Kier molecular flexibility index (Phi) is 4.40. The van der Waals surface area contributed by atoms with E-state index in [4.69, 9.17) is 11.6 Å². The Morgan fingerprint density at radius 1 is 1.21 bits per heavy atom. The average Bonchev–Trinajstić information content (AvgIpc) is 3.06. The molecule has 3 rings (SSSR count). The summed E-state index contributed by atoms with van der Waals surface area (Å²) in [7, 11) is 1.82. The molecule has 3 aromatic rings. The van der Waals surface area contributed by atoms with Gasteiger partial charge in [-0.25, -0.2) is 0 Å². The third-order valence-electron chi connectivity index (χ3n) is 3.91. The largest absolute Gasteiger partial charge is 0.305 e. The summed E-state index contributed by atoms with van der Waals surface area (Å²) < 4.78 is 3.43. The van der Waals surface area contributed by atoms with Gasteiger partial charge in [0.15, 0.2) is 5.82 Å². The number of nitrogens with one attached hydrogen (secondary N) is 1. The van der Waals surface area contributed by atoms with Gasteiger partial charge in [-0.15, -0.1) is 0 Å². The van der Waals surface area contributed by atoms with Gasteiger partial charge in [0.1, 0.15) is 0 Å². The van der Waals surface area contributed by atoms with Crippen LogP contribution in [0, 0.1) is 13.8 Å². The molecule has 2 aromatic heterocycles. The van der Waals surface area contributed by atoms with E-state index in [1.807, 2.05) is 51.4 Å². The summed E-state index contributed by atoms with van der Waals surface area (Å²) in [6, 6.07) is 9.37. The Bertz CT molecular complexity index is 896. The van der Waals surface area contributed by atoms with E-state index in [1.165, 1.54) is 0 Å². The Morgan fingerprint density at radius 2 is 1.96 bits per heavy atom. The number of anilines is 1. The van der Waals surface area contributed by atoms with Crippen LogP contribution in [-0.2, 0) is 13.6 Å². The van der Waals surface area contributed by atoms with E-state index < -0.39 is 0 Å². The van der Waals surface area contributed by atoms with E-state index >= 15 is 0 Å². The molecule has 0 atom stereocenters. The van der Waals surface area contributed by atoms with Crippen molar-refractivity contribution in [1.29, 1.82) is 0 Å². The van der Waals surface area contributed by atoms with Crippen LogP contribution in [0.15, 0.2) is 36.5 Å². The Balaban J connectivity index is 1.74. The first kappa shape index (κ1) is 16.3. The SMILES string of the molecule is Cc1nn(C)c(C)c1C(=O)Nc1ccn(Cc2ccccc2Cl)n1. The van der Waals surface area contributed by atoms with Crippen LogP contribution in [0.2, 0.25) is 5.02 Å². The van der Waals surface area contributed by atoms with Gasteiger partial charge in [0.05, 0.1) is 17.8 Å². The molecule has 0 saturated heterocycles. The van der Waals surface area contributed by atoms with Crippen LogP contribution in [0.5, 0.6) is 0 Å². The fraction of sp³-hybridized carbons (Fsp3) is 0.235. The van der Waals surface area contributed by atoms with Crippen molar-refractivity contribution in [3.05, 3.63) is 64.1 Å². The highest BCUT2D eigenvalue weighted by molar-refractivity contribution is 6.31. The molecule has 0 aliphatic carbocycles. The molecule has 2 heterocycles. The van der Waals surface area contributed by atoms with E-state index in [9.17, 15) is 4.79 Å². The highest BCUT2D eigenvalue weighted by Gasteiger charge is 2.18. The Morgan fingerprint density at radius 3 is 2.62 bits per heavy atom. The van der Waals surface area contributed by atoms with E-state index in [0.717, 1.165) is 11.3 Å². The fourth-order valence-corrected chi connectivity index (χ4v) is 2.79. The molecule has 1 aromatic carbocycles. The molecule has 0 radical (unpaired) electrons. The van der Waals surface area contributed by atoms with E-state index in [1.54, 1.807) is 15.4 Å². The molecule has 6 nitrogen and oxygen atoms in total. The summed E-state index contributed by atoms with van der Waals surface area (Å²) in [6.45, 7) is 4.23. The molecule has 0 saturated carbocycles. The number of carbonyl (C=O) groups is 1. The van der Waals surface area contributed by atoms with Crippen LogP contribution >= 0.6 is 11.6 Å². The number of amides is 1. The van der Waals surface area contributed by atoms with Crippen molar-refractivity contribution in [2.24, 2.45) is 7.05 Å². The summed E-state index contributed by atoms with van der Waals surface area (Å²) in [4.78, 5) is 12.5. The van der Waals surface area contributed by atoms with Gasteiger partial charge in [-0.3, -0.25) is 14.2 Å². The molecule has 0 spiro atoms. The van der Waals surface area contributed by atoms with Crippen LogP contribution in [0.4, 0.5) is 5.82 Å². The lowest BCUT2D eigenvalue weighted by Crippen LogP contribution is -2.15. The first-order valence-electron chi connectivity index (χ1n) is 7.54. The molecule has 0 fully saturated rings. The first-order chi connectivity index (χ1) is 11.5. The second-order valence-corrected chi connectivity index (χ2v) is 6.02. The van der Waals surface area contributed by atoms with E-state index in [-0.39, 0.29) is 5.91 Å². The quantitative estimate of drug-likeness (QED) is 0.791. The maximum atomic E-state index is 12.5. The van der Waals surface area contributed by atoms with E-state index in [2.05, 4.69) is 15.5 Å². The van der Waals surface area contributed by atoms with E-state index in [0.29, 0.717) is 28.6 Å². The first-order valence-corrected chi connectivity index (χ1v) is 7.92. The van der Waals surface area contributed by atoms with Gasteiger partial charge in [0.2, 0.25) is 0 Å². The van der Waals surface area contributed by atoms with Gasteiger partial charge in [-0.1, -0.05) is 29.8 Å². The number of hydrogen-bond acceptors (Lipinski definition) is 3. The standard InChI is InChI=1S/C17H18ClN5O/c1-11-16(12(2)22(3)20-11)17(24)19-15-8-9-23(21-15)10-13-6-4-5-7-14(13)18/h4-9H,10H2,1-3H3,(H,19,21,24). The summed E-state index contributed by atoms with van der Waals surface area (Å²) in [5.41, 5.74) is 3.07. The zero-order valence-electron chi connectivity index (χ0n) is 13.7. The molecule has 0 aliphatic rings. The van der Waals surface area contributed by atoms with Crippen LogP contribution < -0.4 is 5.32 Å². The fourth-order valence-electron chi connectivity index (χ4n) is 2.60. The number of halogens is 1. The smallest absolute Gasteiger partial charge is 0.260 e. The number of nitrogens with zero attached hydrogens (tertiary/aromatic N) is 4. The topological polar surface area (TPSA) is 64.7 Å². The third kappa shape index (κ3) is 3.19. The van der Waals surface area contributed by atoms with Crippen LogP contribution in [0.1, 0.15) is 27.3 Å². The molecular formula is C17H18ClN5O. The lowest BCUT2D eigenvalue weighted by atomic mass is 10.2. The molecular weight excluding hydrogens is 326 g/mol. The number of carbonyl (C=O) groups excluding carboxylic acids is 1. The lowest BCUT2D eigenvalue weighted by Gasteiger charge is -2.05. The number of aromatic nitrogens is 4. The van der Waals surface area contributed by atoms with Gasteiger partial charge >= 0.3 is 0 Å². The minimum atomic E-state index is -0.207. The minimum Gasteiger partial charge on any atom is -0.305 e. The molecule has 124 valence electrons. The Labute approximate surface area is 145 Å². The molecule has 1 amide bonds. The van der Waals surface area contributed by atoms with Crippen molar-refractivity contribution in [1.82, 2.24) is 19.6 Å². The maximum Gasteiger partial charge on any atom is 0.260 e. The van der Waals surface area contributed by atoms with Gasteiger partial charge in [-0.05, 0) is 25.5 Å². The van der Waals surface area contributed by atoms with Crippen LogP contribution in [-0.4, -0.2) is 25.5 Å². The van der Waals surface area contributed by atoms with Gasteiger partial charge in [-0.2, -0.15) is 10.2 Å². The van der Waals surface area contributed by atoms with Crippen molar-refractivity contribution in [3.8, 4) is 0 Å². The Hall–Kier alpha value is -2.60. The molecule has 1 N–H and O–H groups in total. The zero-order valence-corrected chi connectivity index (χ0v) is 14.5. The van der Waals surface area contributed by atoms with Gasteiger partial charge < -0.3 is 5.32 Å². The lowest BCUT2D eigenvalue weighted by molar-refractivity contribution is 0.102. The predicted molar refractivity (Wildman–Crippen MR) is 93.4 cm³/mol. The maximum absolute atomic E-state index is 12.5. The van der Waals surface area contributed by atoms with Crippen molar-refractivity contribution in [2.75, 3.05) is 5.32 Å². The van der Waals surface area contributed by atoms with Gasteiger partial charge in [0.25, 0.3) is 5.91 Å². The van der Waals surface area contributed by atoms with Crippen molar-refractivity contribution in [3.63, 3.8) is 0 Å². The summed E-state index contributed by atoms with van der Waals surface area (Å²) in [6.07, 6.45) is 1.81. The minimum absolute atomic E-state index is 0.207. The van der Waals surface area contributed by atoms with Crippen LogP contribution in [0.25, 0.3) is 0 Å². The summed E-state index contributed by atoms with van der Waals surface area (Å²) in [5.74, 6) is 0.288. The second-order valence-electron chi connectivity index (χ2n) is 5.61. The van der Waals surface area contributed by atoms with Crippen LogP contribution in [0.3, 0.4) is 0 Å². The molecule has 0 bridgehead atoms. The summed E-state index contributed by atoms with van der Waals surface area (Å²) in [5, 5.41) is 12.1. The number of rotatable bonds is 4. The predicted octanol–water partition coefficient (Wildman–Crippen LogP) is 3.19. The molecule has 7 heteroatoms. The number of hydrogen-bond donors (Lipinski definition) is 1. The average molecular weight is 344 g/mol.